The third-order valence-electron chi connectivity index (χ3n) is 3.81. The molecule has 0 aliphatic heterocycles. The summed E-state index contributed by atoms with van der Waals surface area (Å²) in [5, 5.41) is 0. The number of carbonyl (C=O) groups excluding carboxylic acids is 1. The molecule has 0 heterocycles. The molecule has 2 aromatic carbocycles. The summed E-state index contributed by atoms with van der Waals surface area (Å²) in [5.74, 6) is 0.594. The lowest BCUT2D eigenvalue weighted by Gasteiger charge is -2.30. The minimum atomic E-state index is -1.07. The fourth-order valence-electron chi connectivity index (χ4n) is 2.50. The van der Waals surface area contributed by atoms with Gasteiger partial charge in [-0.2, -0.15) is 0 Å². The van der Waals surface area contributed by atoms with E-state index in [0.717, 1.165) is 21.3 Å². The highest BCUT2D eigenvalue weighted by atomic mass is 79.9. The monoisotopic (exact) mass is 412 g/mol. The first-order valence-corrected chi connectivity index (χ1v) is 8.08. The molecule has 0 radical (unpaired) electrons. The van der Waals surface area contributed by atoms with Gasteiger partial charge in [-0.3, -0.25) is 4.79 Å². The molecule has 130 valence electrons. The van der Waals surface area contributed by atoms with Crippen molar-refractivity contribution < 1.29 is 9.53 Å². The van der Waals surface area contributed by atoms with E-state index < -0.39 is 5.54 Å². The predicted octanol–water partition coefficient (Wildman–Crippen LogP) is 3.71. The summed E-state index contributed by atoms with van der Waals surface area (Å²) in [6, 6.07) is 15.1. The van der Waals surface area contributed by atoms with Crippen molar-refractivity contribution in [3.8, 4) is 5.75 Å². The number of hydrogen-bond donors (Lipinski definition) is 1. The zero-order chi connectivity index (χ0) is 17.0. The molecule has 24 heavy (non-hydrogen) atoms. The lowest BCUT2D eigenvalue weighted by atomic mass is 9.91. The quantitative estimate of drug-likeness (QED) is 0.813. The second kappa shape index (κ2) is 8.51. The molecule has 4 nitrogen and oxygen atoms in total. The molecule has 2 rings (SSSR count). The van der Waals surface area contributed by atoms with Gasteiger partial charge in [0.15, 0.2) is 0 Å². The van der Waals surface area contributed by atoms with E-state index in [0.29, 0.717) is 6.54 Å². The Morgan fingerprint density at radius 3 is 2.46 bits per heavy atom. The van der Waals surface area contributed by atoms with Crippen LogP contribution >= 0.6 is 28.3 Å². The molecule has 1 atom stereocenters. The predicted molar refractivity (Wildman–Crippen MR) is 102 cm³/mol. The van der Waals surface area contributed by atoms with E-state index in [1.165, 1.54) is 0 Å². The van der Waals surface area contributed by atoms with Gasteiger partial charge in [0.25, 0.3) is 0 Å². The van der Waals surface area contributed by atoms with Gasteiger partial charge in [-0.05, 0) is 30.7 Å². The van der Waals surface area contributed by atoms with Gasteiger partial charge in [0.1, 0.15) is 11.3 Å². The highest BCUT2D eigenvalue weighted by Gasteiger charge is 2.33. The molecule has 0 bridgehead atoms. The van der Waals surface area contributed by atoms with Crippen LogP contribution in [0.3, 0.4) is 0 Å². The lowest BCUT2D eigenvalue weighted by molar-refractivity contribution is -0.136. The van der Waals surface area contributed by atoms with Crippen LogP contribution < -0.4 is 10.5 Å². The molecule has 6 heteroatoms. The van der Waals surface area contributed by atoms with Crippen molar-refractivity contribution in [2.24, 2.45) is 5.73 Å². The third-order valence-corrected chi connectivity index (χ3v) is 4.31. The number of hydrogen-bond acceptors (Lipinski definition) is 3. The molecule has 0 saturated heterocycles. The van der Waals surface area contributed by atoms with E-state index in [9.17, 15) is 4.79 Å². The summed E-state index contributed by atoms with van der Waals surface area (Å²) in [6.07, 6.45) is 0. The first-order chi connectivity index (χ1) is 10.9. The van der Waals surface area contributed by atoms with Crippen LogP contribution in [0.5, 0.6) is 5.75 Å². The molecular weight excluding hydrogens is 392 g/mol. The summed E-state index contributed by atoms with van der Waals surface area (Å²) in [5.41, 5.74) is 6.94. The van der Waals surface area contributed by atoms with E-state index in [1.807, 2.05) is 48.5 Å². The maximum absolute atomic E-state index is 12.8. The lowest BCUT2D eigenvalue weighted by Crippen LogP contribution is -2.49. The van der Waals surface area contributed by atoms with Gasteiger partial charge in [-0.15, -0.1) is 12.4 Å². The van der Waals surface area contributed by atoms with Crippen LogP contribution in [0.25, 0.3) is 0 Å². The van der Waals surface area contributed by atoms with Crippen LogP contribution in [0.15, 0.2) is 53.0 Å². The number of rotatable bonds is 5. The molecule has 0 fully saturated rings. The summed E-state index contributed by atoms with van der Waals surface area (Å²) in [4.78, 5) is 14.4. The van der Waals surface area contributed by atoms with Gasteiger partial charge < -0.3 is 15.4 Å². The number of nitrogens with two attached hydrogens (primary N) is 1. The van der Waals surface area contributed by atoms with Gasteiger partial charge in [0, 0.05) is 23.6 Å². The highest BCUT2D eigenvalue weighted by molar-refractivity contribution is 9.10. The molecule has 0 spiro atoms. The van der Waals surface area contributed by atoms with Crippen molar-refractivity contribution >= 4 is 34.2 Å². The summed E-state index contributed by atoms with van der Waals surface area (Å²) in [6.45, 7) is 2.15. The summed E-state index contributed by atoms with van der Waals surface area (Å²) < 4.78 is 6.30. The average Bonchev–Trinajstić information content (AvgIpc) is 2.55. The Balaban J connectivity index is 0.00000288. The highest BCUT2D eigenvalue weighted by Crippen LogP contribution is 2.26. The number of halogens is 2. The fraction of sp³-hybridized carbons (Fsp3) is 0.278. The van der Waals surface area contributed by atoms with E-state index >= 15 is 0 Å². The van der Waals surface area contributed by atoms with E-state index in [1.54, 1.807) is 26.0 Å². The fourth-order valence-corrected chi connectivity index (χ4v) is 2.91. The largest absolute Gasteiger partial charge is 0.496 e. The summed E-state index contributed by atoms with van der Waals surface area (Å²) >= 11 is 3.44. The van der Waals surface area contributed by atoms with Gasteiger partial charge >= 0.3 is 0 Å². The van der Waals surface area contributed by atoms with Crippen molar-refractivity contribution in [2.75, 3.05) is 14.2 Å². The van der Waals surface area contributed by atoms with Crippen LogP contribution in [-0.2, 0) is 16.9 Å². The Kier molecular flexibility index (Phi) is 7.27. The number of methoxy groups -OCH3 is 1. The Hall–Kier alpha value is -1.56. The molecule has 2 aromatic rings. The van der Waals surface area contributed by atoms with Crippen molar-refractivity contribution in [1.82, 2.24) is 4.90 Å². The minimum absolute atomic E-state index is 0. The SMILES string of the molecule is COc1ccc(Br)cc1CN(C)C(=O)C(C)(N)c1ccccc1.Cl. The minimum Gasteiger partial charge on any atom is -0.496 e. The van der Waals surface area contributed by atoms with Crippen LogP contribution in [0.2, 0.25) is 0 Å². The zero-order valence-electron chi connectivity index (χ0n) is 14.0. The molecular formula is C18H22BrClN2O2. The Bertz CT molecular complexity index is 693. The zero-order valence-corrected chi connectivity index (χ0v) is 16.4. The second-order valence-electron chi connectivity index (χ2n) is 5.69. The second-order valence-corrected chi connectivity index (χ2v) is 6.60. The Labute approximate surface area is 157 Å². The molecule has 0 aliphatic carbocycles. The first kappa shape index (κ1) is 20.5. The van der Waals surface area contributed by atoms with Crippen LogP contribution in [0, 0.1) is 0 Å². The number of likely N-dealkylation sites (N-methyl/N-ethyl adjacent to an activating group) is 1. The van der Waals surface area contributed by atoms with Gasteiger partial charge in [-0.1, -0.05) is 46.3 Å². The van der Waals surface area contributed by atoms with Crippen LogP contribution in [-0.4, -0.2) is 25.0 Å². The van der Waals surface area contributed by atoms with Crippen LogP contribution in [0.4, 0.5) is 0 Å². The number of amides is 1. The molecule has 0 saturated carbocycles. The number of ether oxygens (including phenoxy) is 1. The molecule has 0 aliphatic rings. The maximum atomic E-state index is 12.8. The van der Waals surface area contributed by atoms with Gasteiger partial charge in [0.05, 0.1) is 7.11 Å². The first-order valence-electron chi connectivity index (χ1n) is 7.28. The van der Waals surface area contributed by atoms with E-state index in [-0.39, 0.29) is 18.3 Å². The summed E-state index contributed by atoms with van der Waals surface area (Å²) in [7, 11) is 3.36. The smallest absolute Gasteiger partial charge is 0.247 e. The third kappa shape index (κ3) is 4.50. The number of carbonyl (C=O) groups is 1. The van der Waals surface area contributed by atoms with Crippen molar-refractivity contribution in [2.45, 2.75) is 19.0 Å². The molecule has 1 amide bonds. The van der Waals surface area contributed by atoms with Gasteiger partial charge in [0.2, 0.25) is 5.91 Å². The molecule has 2 N–H and O–H groups in total. The Morgan fingerprint density at radius 2 is 1.88 bits per heavy atom. The average molecular weight is 414 g/mol. The van der Waals surface area contributed by atoms with E-state index in [4.69, 9.17) is 10.5 Å². The number of nitrogens with zero attached hydrogens (tertiary/aromatic N) is 1. The van der Waals surface area contributed by atoms with Crippen molar-refractivity contribution in [3.05, 3.63) is 64.1 Å². The van der Waals surface area contributed by atoms with Crippen molar-refractivity contribution in [1.29, 1.82) is 0 Å². The topological polar surface area (TPSA) is 55.6 Å². The van der Waals surface area contributed by atoms with Crippen molar-refractivity contribution in [3.63, 3.8) is 0 Å². The molecule has 0 aromatic heterocycles. The Morgan fingerprint density at radius 1 is 1.25 bits per heavy atom. The number of benzene rings is 2. The van der Waals surface area contributed by atoms with E-state index in [2.05, 4.69) is 15.9 Å². The maximum Gasteiger partial charge on any atom is 0.247 e. The standard InChI is InChI=1S/C18H21BrN2O2.ClH/c1-18(20,14-7-5-4-6-8-14)17(22)21(2)12-13-11-15(19)9-10-16(13)23-3;/h4-11H,12,20H2,1-3H3;1H. The molecule has 1 unspecified atom stereocenters. The normalized spacial score (nSPS) is 12.7. The van der Waals surface area contributed by atoms with Gasteiger partial charge in [-0.25, -0.2) is 0 Å². The van der Waals surface area contributed by atoms with Crippen LogP contribution in [0.1, 0.15) is 18.1 Å².